The lowest BCUT2D eigenvalue weighted by Crippen LogP contribution is -2.55. The molecule has 0 spiro atoms. The molecule has 0 aromatic heterocycles. The van der Waals surface area contributed by atoms with Crippen molar-refractivity contribution < 1.29 is 9.72 Å². The van der Waals surface area contributed by atoms with Gasteiger partial charge in [-0.25, -0.2) is 0 Å². The van der Waals surface area contributed by atoms with Crippen molar-refractivity contribution in [2.45, 2.75) is 38.1 Å². The number of halogens is 1. The van der Waals surface area contributed by atoms with Crippen molar-refractivity contribution >= 4 is 28.9 Å². The van der Waals surface area contributed by atoms with E-state index in [1.54, 1.807) is 0 Å². The molecule has 0 bridgehead atoms. The summed E-state index contributed by atoms with van der Waals surface area (Å²) in [6.45, 7) is 6.31. The first-order chi connectivity index (χ1) is 14.6. The van der Waals surface area contributed by atoms with Crippen molar-refractivity contribution in [3.63, 3.8) is 0 Å². The molecule has 3 aromatic carbocycles. The van der Waals surface area contributed by atoms with Gasteiger partial charge in [0.2, 0.25) is 0 Å². The molecule has 6 heteroatoms. The Kier molecular flexibility index (Phi) is 5.10. The summed E-state index contributed by atoms with van der Waals surface area (Å²) in [7, 11) is 0. The number of rotatable bonds is 3. The molecule has 0 radical (unpaired) electrons. The first-order valence-corrected chi connectivity index (χ1v) is 10.5. The minimum atomic E-state index is -0.498. The Morgan fingerprint density at radius 3 is 2.19 bits per heavy atom. The smallest absolute Gasteiger partial charge is 0.269 e. The van der Waals surface area contributed by atoms with Crippen LogP contribution >= 0.6 is 11.6 Å². The number of amides is 1. The fourth-order valence-electron chi connectivity index (χ4n) is 4.82. The van der Waals surface area contributed by atoms with Gasteiger partial charge in [0.05, 0.1) is 4.92 Å². The van der Waals surface area contributed by atoms with Gasteiger partial charge in [-0.1, -0.05) is 48.9 Å². The maximum atomic E-state index is 13.6. The third-order valence-corrected chi connectivity index (χ3v) is 6.39. The summed E-state index contributed by atoms with van der Waals surface area (Å²) in [5.41, 5.74) is 2.62. The van der Waals surface area contributed by atoms with E-state index in [1.807, 2.05) is 47.4 Å². The van der Waals surface area contributed by atoms with Crippen molar-refractivity contribution in [3.8, 4) is 0 Å². The van der Waals surface area contributed by atoms with Crippen LogP contribution in [-0.2, 0) is 5.41 Å². The SMILES string of the molecule is CC1(C)C[C@](C)(c2ccc(Cl)cc2)c2ccccc2N1C(=O)c1ccc([N+](=O)[O-])cc1. The highest BCUT2D eigenvalue weighted by atomic mass is 35.5. The second kappa shape index (κ2) is 7.50. The van der Waals surface area contributed by atoms with E-state index < -0.39 is 10.5 Å². The van der Waals surface area contributed by atoms with E-state index >= 15 is 0 Å². The van der Waals surface area contributed by atoms with Gasteiger partial charge >= 0.3 is 0 Å². The minimum absolute atomic E-state index is 0.0369. The topological polar surface area (TPSA) is 63.5 Å². The van der Waals surface area contributed by atoms with Gasteiger partial charge in [-0.05, 0) is 61.7 Å². The zero-order chi connectivity index (χ0) is 22.4. The van der Waals surface area contributed by atoms with E-state index in [0.717, 1.165) is 16.8 Å². The maximum Gasteiger partial charge on any atom is 0.269 e. The van der Waals surface area contributed by atoms with E-state index in [0.29, 0.717) is 17.0 Å². The zero-order valence-electron chi connectivity index (χ0n) is 17.6. The number of hydrogen-bond acceptors (Lipinski definition) is 3. The van der Waals surface area contributed by atoms with Crippen molar-refractivity contribution in [2.75, 3.05) is 4.90 Å². The number of hydrogen-bond donors (Lipinski definition) is 0. The Bertz CT molecular complexity index is 1160. The fraction of sp³-hybridized carbons (Fsp3) is 0.240. The number of nitro groups is 1. The number of benzene rings is 3. The molecular weight excluding hydrogens is 412 g/mol. The van der Waals surface area contributed by atoms with E-state index in [2.05, 4.69) is 26.8 Å². The maximum absolute atomic E-state index is 13.6. The number of para-hydroxylation sites is 1. The molecule has 1 amide bonds. The first-order valence-electron chi connectivity index (χ1n) is 10.1. The molecule has 0 aliphatic carbocycles. The van der Waals surface area contributed by atoms with Gasteiger partial charge in [-0.15, -0.1) is 0 Å². The largest absolute Gasteiger partial charge is 0.302 e. The molecule has 3 aromatic rings. The summed E-state index contributed by atoms with van der Waals surface area (Å²) in [5.74, 6) is -0.175. The van der Waals surface area contributed by atoms with Gasteiger partial charge in [0.1, 0.15) is 0 Å². The van der Waals surface area contributed by atoms with Crippen molar-refractivity contribution in [3.05, 3.63) is 105 Å². The van der Waals surface area contributed by atoms with Crippen LogP contribution < -0.4 is 4.90 Å². The van der Waals surface area contributed by atoms with E-state index in [9.17, 15) is 14.9 Å². The number of fused-ring (bicyclic) bond motifs is 1. The molecule has 1 aliphatic heterocycles. The molecule has 0 unspecified atom stereocenters. The fourth-order valence-corrected chi connectivity index (χ4v) is 4.94. The third kappa shape index (κ3) is 3.59. The molecule has 158 valence electrons. The highest BCUT2D eigenvalue weighted by Crippen LogP contribution is 2.50. The predicted octanol–water partition coefficient (Wildman–Crippen LogP) is 6.38. The summed E-state index contributed by atoms with van der Waals surface area (Å²) in [6.07, 6.45) is 0.706. The number of nitrogens with zero attached hydrogens (tertiary/aromatic N) is 2. The normalized spacial score (nSPS) is 19.5. The lowest BCUT2D eigenvalue weighted by Gasteiger charge is -2.51. The van der Waals surface area contributed by atoms with Crippen molar-refractivity contribution in [1.82, 2.24) is 0 Å². The van der Waals surface area contributed by atoms with Gasteiger partial charge in [-0.2, -0.15) is 0 Å². The Morgan fingerprint density at radius 1 is 0.968 bits per heavy atom. The Labute approximate surface area is 186 Å². The zero-order valence-corrected chi connectivity index (χ0v) is 18.4. The molecular formula is C25H23ClN2O3. The first kappa shape index (κ1) is 21.1. The number of anilines is 1. The van der Waals surface area contributed by atoms with Crippen LogP contribution in [0.3, 0.4) is 0 Å². The standard InChI is InChI=1S/C25H23ClN2O3/c1-24(2)16-25(3,18-10-12-19(26)13-11-18)21-6-4-5-7-22(21)27(24)23(29)17-8-14-20(15-9-17)28(30)31/h4-15H,16H2,1-3H3/t25-/m1/s1. The lowest BCUT2D eigenvalue weighted by molar-refractivity contribution is -0.384. The molecule has 0 N–H and O–H groups in total. The van der Waals surface area contributed by atoms with E-state index in [1.165, 1.54) is 24.3 Å². The Morgan fingerprint density at radius 2 is 1.58 bits per heavy atom. The monoisotopic (exact) mass is 434 g/mol. The molecule has 31 heavy (non-hydrogen) atoms. The third-order valence-electron chi connectivity index (χ3n) is 6.14. The van der Waals surface area contributed by atoms with Crippen LogP contribution in [0.25, 0.3) is 0 Å². The van der Waals surface area contributed by atoms with Crippen LogP contribution in [0.15, 0.2) is 72.8 Å². The summed E-state index contributed by atoms with van der Waals surface area (Å²) in [4.78, 5) is 25.9. The van der Waals surface area contributed by atoms with Crippen LogP contribution in [0.5, 0.6) is 0 Å². The highest BCUT2D eigenvalue weighted by Gasteiger charge is 2.47. The minimum Gasteiger partial charge on any atom is -0.302 e. The van der Waals surface area contributed by atoms with Crippen LogP contribution in [-0.4, -0.2) is 16.4 Å². The van der Waals surface area contributed by atoms with E-state index in [-0.39, 0.29) is 17.0 Å². The van der Waals surface area contributed by atoms with Gasteiger partial charge in [-0.3, -0.25) is 14.9 Å². The Balaban J connectivity index is 1.83. The molecule has 5 nitrogen and oxygen atoms in total. The quantitative estimate of drug-likeness (QED) is 0.354. The molecule has 1 heterocycles. The second-order valence-corrected chi connectivity index (χ2v) is 9.23. The number of non-ortho nitro benzene ring substituents is 1. The molecule has 0 saturated heterocycles. The molecule has 4 rings (SSSR count). The number of carbonyl (C=O) groups excluding carboxylic acids is 1. The van der Waals surface area contributed by atoms with Crippen LogP contribution in [0.1, 0.15) is 48.7 Å². The summed E-state index contributed by atoms with van der Waals surface area (Å²) in [5, 5.41) is 11.7. The summed E-state index contributed by atoms with van der Waals surface area (Å²) < 4.78 is 0. The van der Waals surface area contributed by atoms with Gasteiger partial charge in [0.25, 0.3) is 11.6 Å². The number of carbonyl (C=O) groups is 1. The lowest BCUT2D eigenvalue weighted by atomic mass is 9.65. The van der Waals surface area contributed by atoms with Gasteiger partial charge in [0.15, 0.2) is 0 Å². The van der Waals surface area contributed by atoms with Crippen LogP contribution in [0.2, 0.25) is 5.02 Å². The van der Waals surface area contributed by atoms with E-state index in [4.69, 9.17) is 11.6 Å². The summed E-state index contributed by atoms with van der Waals surface area (Å²) in [6, 6.07) is 21.6. The average Bonchev–Trinajstić information content (AvgIpc) is 2.73. The Hall–Kier alpha value is -3.18. The van der Waals surface area contributed by atoms with Crippen molar-refractivity contribution in [2.24, 2.45) is 0 Å². The predicted molar refractivity (Wildman–Crippen MR) is 123 cm³/mol. The van der Waals surface area contributed by atoms with Crippen molar-refractivity contribution in [1.29, 1.82) is 0 Å². The second-order valence-electron chi connectivity index (χ2n) is 8.79. The average molecular weight is 435 g/mol. The molecule has 1 atom stereocenters. The molecule has 1 aliphatic rings. The van der Waals surface area contributed by atoms with Crippen LogP contribution in [0.4, 0.5) is 11.4 Å². The summed E-state index contributed by atoms with van der Waals surface area (Å²) >= 11 is 6.12. The van der Waals surface area contributed by atoms with Crippen LogP contribution in [0, 0.1) is 10.1 Å². The van der Waals surface area contributed by atoms with Gasteiger partial charge < -0.3 is 4.90 Å². The molecule has 0 saturated carbocycles. The molecule has 0 fully saturated rings. The van der Waals surface area contributed by atoms with Gasteiger partial charge in [0, 0.05) is 39.4 Å². The number of nitro benzene ring substituents is 1. The highest BCUT2D eigenvalue weighted by molar-refractivity contribution is 6.30.